The van der Waals surface area contributed by atoms with Gasteiger partial charge < -0.3 is 10.6 Å². The molecule has 1 saturated carbocycles. The lowest BCUT2D eigenvalue weighted by Gasteiger charge is -2.13. The molecule has 1 aromatic carbocycles. The van der Waals surface area contributed by atoms with Gasteiger partial charge >= 0.3 is 0 Å². The summed E-state index contributed by atoms with van der Waals surface area (Å²) in [6.07, 6.45) is 4.47. The normalized spacial score (nSPS) is 15.7. The number of amides is 1. The van der Waals surface area contributed by atoms with Crippen LogP contribution in [0.4, 0.5) is 5.82 Å². The molecule has 21 heavy (non-hydrogen) atoms. The van der Waals surface area contributed by atoms with Crippen molar-refractivity contribution in [2.24, 2.45) is 0 Å². The molecule has 0 unspecified atom stereocenters. The summed E-state index contributed by atoms with van der Waals surface area (Å²) in [6.45, 7) is 0.719. The lowest BCUT2D eigenvalue weighted by atomic mass is 10.1. The maximum absolute atomic E-state index is 12.3. The second kappa shape index (κ2) is 5.56. The van der Waals surface area contributed by atoms with E-state index in [9.17, 15) is 4.79 Å². The first-order valence-electron chi connectivity index (χ1n) is 7.08. The predicted octanol–water partition coefficient (Wildman–Crippen LogP) is 2.90. The molecule has 1 aliphatic rings. The maximum atomic E-state index is 12.3. The molecule has 0 aliphatic heterocycles. The summed E-state index contributed by atoms with van der Waals surface area (Å²) in [5.41, 5.74) is 0.468. The van der Waals surface area contributed by atoms with E-state index in [4.69, 9.17) is 0 Å². The van der Waals surface area contributed by atoms with Crippen molar-refractivity contribution in [1.82, 2.24) is 10.3 Å². The topological polar surface area (TPSA) is 54.0 Å². The van der Waals surface area contributed by atoms with Crippen LogP contribution in [0.5, 0.6) is 0 Å². The highest BCUT2D eigenvalue weighted by Crippen LogP contribution is 2.46. The number of fused-ring (bicyclic) bond motifs is 1. The van der Waals surface area contributed by atoms with Crippen LogP contribution in [-0.4, -0.2) is 35.5 Å². The molecule has 5 heteroatoms. The summed E-state index contributed by atoms with van der Waals surface area (Å²) in [5.74, 6) is 0.641. The number of nitrogens with one attached hydrogen (secondary N) is 2. The number of carbonyl (C=O) groups is 1. The molecular formula is C16H19N3OS. The summed E-state index contributed by atoms with van der Waals surface area (Å²) >= 11 is 1.84. The number of aromatic nitrogens is 1. The predicted molar refractivity (Wildman–Crippen MR) is 89.1 cm³/mol. The molecule has 0 bridgehead atoms. The van der Waals surface area contributed by atoms with Crippen LogP contribution in [0.15, 0.2) is 30.3 Å². The molecular weight excluding hydrogens is 282 g/mol. The summed E-state index contributed by atoms with van der Waals surface area (Å²) in [7, 11) is 1.82. The molecule has 110 valence electrons. The monoisotopic (exact) mass is 301 g/mol. The Labute approximate surface area is 128 Å². The van der Waals surface area contributed by atoms with Gasteiger partial charge in [-0.15, -0.1) is 0 Å². The van der Waals surface area contributed by atoms with Crippen molar-refractivity contribution in [2.45, 2.75) is 17.6 Å². The Hall–Kier alpha value is -1.75. The average molecular weight is 301 g/mol. The first kappa shape index (κ1) is 14.2. The van der Waals surface area contributed by atoms with E-state index in [1.165, 1.54) is 12.8 Å². The third kappa shape index (κ3) is 2.83. The molecule has 2 N–H and O–H groups in total. The quantitative estimate of drug-likeness (QED) is 0.891. The Kier molecular flexibility index (Phi) is 3.76. The van der Waals surface area contributed by atoms with Crippen molar-refractivity contribution in [3.8, 4) is 0 Å². The molecule has 0 radical (unpaired) electrons. The van der Waals surface area contributed by atoms with E-state index in [0.717, 1.165) is 23.1 Å². The van der Waals surface area contributed by atoms with Crippen molar-refractivity contribution < 1.29 is 4.79 Å². The van der Waals surface area contributed by atoms with Crippen LogP contribution in [0.25, 0.3) is 10.8 Å². The zero-order valence-corrected chi connectivity index (χ0v) is 13.1. The molecule has 3 rings (SSSR count). The second-order valence-electron chi connectivity index (χ2n) is 5.40. The lowest BCUT2D eigenvalue weighted by Crippen LogP contribution is -2.32. The van der Waals surface area contributed by atoms with Gasteiger partial charge in [-0.3, -0.25) is 4.79 Å². The Morgan fingerprint density at radius 1 is 1.38 bits per heavy atom. The number of benzene rings is 1. The van der Waals surface area contributed by atoms with Crippen LogP contribution >= 0.6 is 11.8 Å². The Morgan fingerprint density at radius 2 is 2.14 bits per heavy atom. The number of rotatable bonds is 5. The molecule has 0 saturated heterocycles. The van der Waals surface area contributed by atoms with E-state index in [1.54, 1.807) is 0 Å². The number of nitrogens with zero attached hydrogens (tertiary/aromatic N) is 1. The van der Waals surface area contributed by atoms with Crippen LogP contribution in [0, 0.1) is 0 Å². The van der Waals surface area contributed by atoms with Crippen molar-refractivity contribution in [3.63, 3.8) is 0 Å². The number of hydrogen-bond donors (Lipinski definition) is 2. The van der Waals surface area contributed by atoms with Crippen molar-refractivity contribution in [1.29, 1.82) is 0 Å². The minimum Gasteiger partial charge on any atom is -0.373 e. The minimum absolute atomic E-state index is 0.0995. The summed E-state index contributed by atoms with van der Waals surface area (Å²) in [4.78, 5) is 16.8. The molecule has 1 aliphatic carbocycles. The number of thioether (sulfide) groups is 1. The number of anilines is 1. The number of pyridine rings is 1. The summed E-state index contributed by atoms with van der Waals surface area (Å²) in [5, 5.41) is 8.13. The third-order valence-corrected chi connectivity index (χ3v) is 5.44. The minimum atomic E-state index is -0.0995. The first-order chi connectivity index (χ1) is 10.2. The van der Waals surface area contributed by atoms with Gasteiger partial charge in [-0.1, -0.05) is 24.3 Å². The highest BCUT2D eigenvalue weighted by molar-refractivity contribution is 8.00. The largest absolute Gasteiger partial charge is 0.373 e. The van der Waals surface area contributed by atoms with Crippen LogP contribution in [-0.2, 0) is 0 Å². The van der Waals surface area contributed by atoms with Crippen LogP contribution in [0.2, 0.25) is 0 Å². The van der Waals surface area contributed by atoms with Gasteiger partial charge in [0.05, 0.1) is 0 Å². The van der Waals surface area contributed by atoms with E-state index in [1.807, 2.05) is 49.1 Å². The standard InChI is InChI=1S/C16H19N3OS/c1-17-14-12-6-4-3-5-11(12)9-13(19-14)15(20)18-10-16(21-2)7-8-16/h3-6,9H,7-8,10H2,1-2H3,(H,17,19)(H,18,20). The molecule has 1 heterocycles. The van der Waals surface area contributed by atoms with Gasteiger partial charge in [0.15, 0.2) is 0 Å². The molecule has 1 fully saturated rings. The Morgan fingerprint density at radius 3 is 2.81 bits per heavy atom. The van der Waals surface area contributed by atoms with Crippen molar-refractivity contribution in [3.05, 3.63) is 36.0 Å². The van der Waals surface area contributed by atoms with Crippen molar-refractivity contribution >= 4 is 34.3 Å². The molecule has 1 aromatic heterocycles. The molecule has 2 aromatic rings. The van der Waals surface area contributed by atoms with Crippen LogP contribution in [0.1, 0.15) is 23.3 Å². The zero-order valence-electron chi connectivity index (χ0n) is 12.3. The highest BCUT2D eigenvalue weighted by Gasteiger charge is 2.42. The first-order valence-corrected chi connectivity index (χ1v) is 8.31. The van der Waals surface area contributed by atoms with Gasteiger partial charge in [-0.2, -0.15) is 11.8 Å². The number of hydrogen-bond acceptors (Lipinski definition) is 4. The van der Waals surface area contributed by atoms with Gasteiger partial charge in [0.1, 0.15) is 11.5 Å². The number of carbonyl (C=O) groups excluding carboxylic acids is 1. The van der Waals surface area contributed by atoms with E-state index in [-0.39, 0.29) is 10.7 Å². The van der Waals surface area contributed by atoms with Gasteiger partial charge in [0, 0.05) is 23.7 Å². The van der Waals surface area contributed by atoms with E-state index < -0.39 is 0 Å². The Bertz CT molecular complexity index is 682. The van der Waals surface area contributed by atoms with Gasteiger partial charge in [0.2, 0.25) is 0 Å². The lowest BCUT2D eigenvalue weighted by molar-refractivity contribution is 0.0948. The molecule has 0 spiro atoms. The SMILES string of the molecule is CNc1nc(C(=O)NCC2(SC)CC2)cc2ccccc12. The fraction of sp³-hybridized carbons (Fsp3) is 0.375. The molecule has 1 amide bonds. The summed E-state index contributed by atoms with van der Waals surface area (Å²) in [6, 6.07) is 9.79. The molecule has 4 nitrogen and oxygen atoms in total. The Balaban J connectivity index is 1.84. The molecule has 0 atom stereocenters. The van der Waals surface area contributed by atoms with Gasteiger partial charge in [-0.05, 0) is 30.6 Å². The van der Waals surface area contributed by atoms with E-state index in [2.05, 4.69) is 21.9 Å². The van der Waals surface area contributed by atoms with Gasteiger partial charge in [-0.25, -0.2) is 4.98 Å². The fourth-order valence-electron chi connectivity index (χ4n) is 2.43. The highest BCUT2D eigenvalue weighted by atomic mass is 32.2. The van der Waals surface area contributed by atoms with E-state index in [0.29, 0.717) is 5.69 Å². The van der Waals surface area contributed by atoms with E-state index >= 15 is 0 Å². The fourth-order valence-corrected chi connectivity index (χ4v) is 3.16. The second-order valence-corrected chi connectivity index (χ2v) is 6.67. The summed E-state index contributed by atoms with van der Waals surface area (Å²) < 4.78 is 0.262. The van der Waals surface area contributed by atoms with Crippen LogP contribution in [0.3, 0.4) is 0 Å². The third-order valence-electron chi connectivity index (χ3n) is 4.02. The van der Waals surface area contributed by atoms with Crippen LogP contribution < -0.4 is 10.6 Å². The average Bonchev–Trinajstić information content (AvgIpc) is 3.32. The maximum Gasteiger partial charge on any atom is 0.270 e. The van der Waals surface area contributed by atoms with Gasteiger partial charge in [0.25, 0.3) is 5.91 Å². The van der Waals surface area contributed by atoms with Crippen molar-refractivity contribution in [2.75, 3.05) is 25.2 Å². The smallest absolute Gasteiger partial charge is 0.270 e. The zero-order chi connectivity index (χ0) is 14.9.